The third kappa shape index (κ3) is 6.12. The molecule has 0 atom stereocenters. The number of rotatable bonds is 7. The molecule has 0 radical (unpaired) electrons. The predicted molar refractivity (Wildman–Crippen MR) is 93.7 cm³/mol. The Morgan fingerprint density at radius 2 is 1.87 bits per heavy atom. The molecule has 0 aliphatic rings. The lowest BCUT2D eigenvalue weighted by Gasteiger charge is -2.11. The van der Waals surface area contributed by atoms with Crippen molar-refractivity contribution in [3.05, 3.63) is 59.7 Å². The molecule has 122 valence electrons. The van der Waals surface area contributed by atoms with Crippen LogP contribution in [0.2, 0.25) is 0 Å². The number of ether oxygens (including phenoxy) is 1. The Morgan fingerprint density at radius 3 is 2.52 bits per heavy atom. The van der Waals surface area contributed by atoms with E-state index in [1.165, 1.54) is 11.1 Å². The van der Waals surface area contributed by atoms with E-state index in [-0.39, 0.29) is 18.6 Å². The SMILES string of the molecule is Cc1cccc(CNCC(=O)Nc2ccc(OC(C)C)cc2)c1. The lowest BCUT2D eigenvalue weighted by atomic mass is 10.1. The van der Waals surface area contributed by atoms with Gasteiger partial charge in [-0.2, -0.15) is 0 Å². The van der Waals surface area contributed by atoms with Crippen molar-refractivity contribution in [3.8, 4) is 5.75 Å². The maximum Gasteiger partial charge on any atom is 0.238 e. The summed E-state index contributed by atoms with van der Waals surface area (Å²) in [4.78, 5) is 11.9. The maximum atomic E-state index is 11.9. The minimum Gasteiger partial charge on any atom is -0.491 e. The topological polar surface area (TPSA) is 50.4 Å². The molecular formula is C19H24N2O2. The molecule has 1 amide bonds. The summed E-state index contributed by atoms with van der Waals surface area (Å²) in [6, 6.07) is 15.6. The second-order valence-electron chi connectivity index (χ2n) is 5.83. The van der Waals surface area contributed by atoms with Gasteiger partial charge in [0.05, 0.1) is 12.6 Å². The number of hydrogen-bond donors (Lipinski definition) is 2. The molecule has 0 aliphatic carbocycles. The first-order valence-electron chi connectivity index (χ1n) is 7.86. The molecule has 2 aromatic rings. The number of carbonyl (C=O) groups is 1. The van der Waals surface area contributed by atoms with Gasteiger partial charge in [-0.1, -0.05) is 29.8 Å². The number of carbonyl (C=O) groups excluding carboxylic acids is 1. The van der Waals surface area contributed by atoms with Crippen molar-refractivity contribution in [2.75, 3.05) is 11.9 Å². The average Bonchev–Trinajstić information content (AvgIpc) is 2.49. The van der Waals surface area contributed by atoms with Crippen LogP contribution in [0.25, 0.3) is 0 Å². The van der Waals surface area contributed by atoms with Crippen LogP contribution in [0.15, 0.2) is 48.5 Å². The zero-order valence-corrected chi connectivity index (χ0v) is 13.9. The van der Waals surface area contributed by atoms with E-state index in [4.69, 9.17) is 4.74 Å². The minimum absolute atomic E-state index is 0.0600. The number of hydrogen-bond acceptors (Lipinski definition) is 3. The van der Waals surface area contributed by atoms with Gasteiger partial charge in [0.25, 0.3) is 0 Å². The summed E-state index contributed by atoms with van der Waals surface area (Å²) in [5, 5.41) is 6.01. The fourth-order valence-electron chi connectivity index (χ4n) is 2.24. The van der Waals surface area contributed by atoms with Crippen LogP contribution in [0.3, 0.4) is 0 Å². The van der Waals surface area contributed by atoms with Crippen LogP contribution in [0.4, 0.5) is 5.69 Å². The highest BCUT2D eigenvalue weighted by Crippen LogP contribution is 2.16. The highest BCUT2D eigenvalue weighted by Gasteiger charge is 2.03. The normalized spacial score (nSPS) is 10.6. The second kappa shape index (κ2) is 8.34. The third-order valence-electron chi connectivity index (χ3n) is 3.21. The van der Waals surface area contributed by atoms with Gasteiger partial charge in [-0.05, 0) is 50.6 Å². The molecule has 2 N–H and O–H groups in total. The molecule has 0 unspecified atom stereocenters. The predicted octanol–water partition coefficient (Wildman–Crippen LogP) is 3.51. The molecule has 2 aromatic carbocycles. The molecule has 0 saturated carbocycles. The van der Waals surface area contributed by atoms with Crippen LogP contribution in [0, 0.1) is 6.92 Å². The van der Waals surface area contributed by atoms with Gasteiger partial charge in [0, 0.05) is 12.2 Å². The molecule has 0 aliphatic heterocycles. The maximum absolute atomic E-state index is 11.9. The van der Waals surface area contributed by atoms with Crippen LogP contribution < -0.4 is 15.4 Å². The van der Waals surface area contributed by atoms with Gasteiger partial charge in [0.2, 0.25) is 5.91 Å². The van der Waals surface area contributed by atoms with Gasteiger partial charge in [-0.15, -0.1) is 0 Å². The molecule has 2 rings (SSSR count). The first-order chi connectivity index (χ1) is 11.0. The zero-order chi connectivity index (χ0) is 16.7. The van der Waals surface area contributed by atoms with Crippen LogP contribution in [0.5, 0.6) is 5.75 Å². The van der Waals surface area contributed by atoms with E-state index < -0.39 is 0 Å². The lowest BCUT2D eigenvalue weighted by molar-refractivity contribution is -0.115. The fourth-order valence-corrected chi connectivity index (χ4v) is 2.24. The Hall–Kier alpha value is -2.33. The van der Waals surface area contributed by atoms with Crippen molar-refractivity contribution in [2.24, 2.45) is 0 Å². The van der Waals surface area contributed by atoms with Gasteiger partial charge in [-0.25, -0.2) is 0 Å². The van der Waals surface area contributed by atoms with Crippen LogP contribution in [-0.2, 0) is 11.3 Å². The van der Waals surface area contributed by atoms with Crippen molar-refractivity contribution in [3.63, 3.8) is 0 Å². The standard InChI is InChI=1S/C19H24N2O2/c1-14(2)23-18-9-7-17(8-10-18)21-19(22)13-20-12-16-6-4-5-15(3)11-16/h4-11,14,20H,12-13H2,1-3H3,(H,21,22). The van der Waals surface area contributed by atoms with Crippen molar-refractivity contribution in [2.45, 2.75) is 33.4 Å². The summed E-state index contributed by atoms with van der Waals surface area (Å²) in [7, 11) is 0. The third-order valence-corrected chi connectivity index (χ3v) is 3.21. The smallest absolute Gasteiger partial charge is 0.238 e. The highest BCUT2D eigenvalue weighted by molar-refractivity contribution is 5.92. The first-order valence-corrected chi connectivity index (χ1v) is 7.86. The number of nitrogens with one attached hydrogen (secondary N) is 2. The second-order valence-corrected chi connectivity index (χ2v) is 5.83. The Morgan fingerprint density at radius 1 is 1.13 bits per heavy atom. The molecule has 0 saturated heterocycles. The van der Waals surface area contributed by atoms with Crippen molar-refractivity contribution >= 4 is 11.6 Å². The number of benzene rings is 2. The zero-order valence-electron chi connectivity index (χ0n) is 13.9. The largest absolute Gasteiger partial charge is 0.491 e. The van der Waals surface area contributed by atoms with Crippen molar-refractivity contribution < 1.29 is 9.53 Å². The molecule has 4 nitrogen and oxygen atoms in total. The van der Waals surface area contributed by atoms with Gasteiger partial charge < -0.3 is 15.4 Å². The van der Waals surface area contributed by atoms with E-state index in [1.807, 2.05) is 50.2 Å². The number of aryl methyl sites for hydroxylation is 1. The average molecular weight is 312 g/mol. The highest BCUT2D eigenvalue weighted by atomic mass is 16.5. The van der Waals surface area contributed by atoms with Gasteiger partial charge >= 0.3 is 0 Å². The Labute approximate surface area is 137 Å². The summed E-state index contributed by atoms with van der Waals surface area (Å²) in [5.74, 6) is 0.741. The molecule has 0 fully saturated rings. The quantitative estimate of drug-likeness (QED) is 0.822. The van der Waals surface area contributed by atoms with E-state index in [1.54, 1.807) is 0 Å². The monoisotopic (exact) mass is 312 g/mol. The van der Waals surface area contributed by atoms with Crippen LogP contribution in [0.1, 0.15) is 25.0 Å². The summed E-state index contributed by atoms with van der Waals surface area (Å²) >= 11 is 0. The van der Waals surface area contributed by atoms with Crippen LogP contribution >= 0.6 is 0 Å². The number of anilines is 1. The fraction of sp³-hybridized carbons (Fsp3) is 0.316. The summed E-state index contributed by atoms with van der Waals surface area (Å²) in [5.41, 5.74) is 3.16. The lowest BCUT2D eigenvalue weighted by Crippen LogP contribution is -2.27. The Bertz CT molecular complexity index is 636. The Balaban J connectivity index is 1.76. The van der Waals surface area contributed by atoms with Gasteiger partial charge in [-0.3, -0.25) is 4.79 Å². The van der Waals surface area contributed by atoms with E-state index >= 15 is 0 Å². The molecule has 0 heterocycles. The summed E-state index contributed by atoms with van der Waals surface area (Å²) in [6.45, 7) is 6.97. The molecule has 23 heavy (non-hydrogen) atoms. The van der Waals surface area contributed by atoms with E-state index in [0.717, 1.165) is 11.4 Å². The van der Waals surface area contributed by atoms with Crippen LogP contribution in [-0.4, -0.2) is 18.6 Å². The molecule has 0 bridgehead atoms. The summed E-state index contributed by atoms with van der Waals surface area (Å²) in [6.07, 6.45) is 0.140. The molecule has 4 heteroatoms. The van der Waals surface area contributed by atoms with Gasteiger partial charge in [0.15, 0.2) is 0 Å². The molecule has 0 aromatic heterocycles. The van der Waals surface area contributed by atoms with E-state index in [2.05, 4.69) is 29.7 Å². The molecular weight excluding hydrogens is 288 g/mol. The van der Waals surface area contributed by atoms with E-state index in [0.29, 0.717) is 6.54 Å². The minimum atomic E-state index is -0.0600. The van der Waals surface area contributed by atoms with E-state index in [9.17, 15) is 4.79 Å². The van der Waals surface area contributed by atoms with Crippen molar-refractivity contribution in [1.82, 2.24) is 5.32 Å². The Kier molecular flexibility index (Phi) is 6.18. The first kappa shape index (κ1) is 17.0. The van der Waals surface area contributed by atoms with Crippen molar-refractivity contribution in [1.29, 1.82) is 0 Å². The molecule has 0 spiro atoms. The number of amides is 1. The summed E-state index contributed by atoms with van der Waals surface area (Å²) < 4.78 is 5.57. The van der Waals surface area contributed by atoms with Gasteiger partial charge in [0.1, 0.15) is 5.75 Å².